The third-order valence-corrected chi connectivity index (χ3v) is 4.06. The van der Waals surface area contributed by atoms with Crippen molar-refractivity contribution in [3.05, 3.63) is 94.3 Å². The first-order chi connectivity index (χ1) is 14.0. The molecule has 1 amide bonds. The Hall–Kier alpha value is -3.94. The number of ether oxygens (including phenoxy) is 2. The Morgan fingerprint density at radius 3 is 2.34 bits per heavy atom. The van der Waals surface area contributed by atoms with Crippen LogP contribution in [0.5, 0.6) is 11.5 Å². The molecule has 3 aromatic carbocycles. The van der Waals surface area contributed by atoms with E-state index < -0.39 is 22.8 Å². The number of amides is 1. The number of nitrogens with zero attached hydrogens (tertiary/aromatic N) is 1. The Morgan fingerprint density at radius 1 is 1.03 bits per heavy atom. The van der Waals surface area contributed by atoms with Gasteiger partial charge in [0.05, 0.1) is 18.1 Å². The Kier molecular flexibility index (Phi) is 6.03. The molecule has 8 heteroatoms. The highest BCUT2D eigenvalue weighted by molar-refractivity contribution is 5.95. The minimum absolute atomic E-state index is 0.0461. The van der Waals surface area contributed by atoms with Gasteiger partial charge in [-0.05, 0) is 30.3 Å². The second kappa shape index (κ2) is 8.83. The Morgan fingerprint density at radius 2 is 1.72 bits per heavy atom. The number of anilines is 1. The van der Waals surface area contributed by atoms with Gasteiger partial charge in [0.25, 0.3) is 11.6 Å². The molecule has 0 aliphatic carbocycles. The quantitative estimate of drug-likeness (QED) is 0.469. The molecule has 0 saturated carbocycles. The molecule has 7 nitrogen and oxygen atoms in total. The van der Waals surface area contributed by atoms with Crippen LogP contribution in [0.4, 0.5) is 15.8 Å². The van der Waals surface area contributed by atoms with Gasteiger partial charge in [0.2, 0.25) is 6.10 Å². The first-order valence-electron chi connectivity index (χ1n) is 8.58. The number of benzene rings is 3. The molecule has 0 aliphatic heterocycles. The van der Waals surface area contributed by atoms with E-state index >= 15 is 0 Å². The molecule has 0 aromatic heterocycles. The second-order valence-corrected chi connectivity index (χ2v) is 6.00. The molecule has 0 heterocycles. The highest BCUT2D eigenvalue weighted by atomic mass is 19.1. The van der Waals surface area contributed by atoms with Crippen LogP contribution in [0.15, 0.2) is 72.8 Å². The van der Waals surface area contributed by atoms with Crippen LogP contribution in [0.25, 0.3) is 0 Å². The van der Waals surface area contributed by atoms with Crippen molar-refractivity contribution in [2.75, 3.05) is 12.4 Å². The number of hydrogen-bond donors (Lipinski definition) is 1. The molecule has 0 bridgehead atoms. The molecule has 1 atom stereocenters. The van der Waals surface area contributed by atoms with Crippen LogP contribution in [-0.4, -0.2) is 17.9 Å². The van der Waals surface area contributed by atoms with Gasteiger partial charge in [-0.25, -0.2) is 4.39 Å². The average Bonchev–Trinajstić information content (AvgIpc) is 2.74. The van der Waals surface area contributed by atoms with Gasteiger partial charge in [-0.1, -0.05) is 30.3 Å². The zero-order valence-electron chi connectivity index (χ0n) is 15.4. The normalized spacial score (nSPS) is 11.4. The molecular formula is C21H17FN2O5. The smallest absolute Gasteiger partial charge is 0.273 e. The summed E-state index contributed by atoms with van der Waals surface area (Å²) in [5, 5.41) is 13.8. The van der Waals surface area contributed by atoms with Crippen LogP contribution < -0.4 is 14.8 Å². The van der Waals surface area contributed by atoms with Crippen molar-refractivity contribution in [3.63, 3.8) is 0 Å². The molecular weight excluding hydrogens is 379 g/mol. The van der Waals surface area contributed by atoms with Gasteiger partial charge in [0.1, 0.15) is 5.82 Å². The van der Waals surface area contributed by atoms with Crippen molar-refractivity contribution >= 4 is 17.3 Å². The van der Waals surface area contributed by atoms with E-state index in [9.17, 15) is 19.3 Å². The molecule has 0 radical (unpaired) electrons. The third kappa shape index (κ3) is 4.86. The Labute approximate surface area is 165 Å². The summed E-state index contributed by atoms with van der Waals surface area (Å²) in [4.78, 5) is 23.5. The number of carbonyl (C=O) groups excluding carboxylic acids is 1. The monoisotopic (exact) mass is 396 g/mol. The van der Waals surface area contributed by atoms with Crippen LogP contribution >= 0.6 is 0 Å². The number of hydrogen-bond acceptors (Lipinski definition) is 5. The summed E-state index contributed by atoms with van der Waals surface area (Å²) in [7, 11) is 1.39. The van der Waals surface area contributed by atoms with E-state index in [0.717, 1.165) is 0 Å². The largest absolute Gasteiger partial charge is 0.493 e. The number of nitro groups is 1. The van der Waals surface area contributed by atoms with E-state index in [4.69, 9.17) is 9.47 Å². The fourth-order valence-electron chi connectivity index (χ4n) is 2.64. The van der Waals surface area contributed by atoms with Crippen molar-refractivity contribution in [2.45, 2.75) is 6.10 Å². The fraction of sp³-hybridized carbons (Fsp3) is 0.0952. The van der Waals surface area contributed by atoms with Gasteiger partial charge in [-0.3, -0.25) is 14.9 Å². The van der Waals surface area contributed by atoms with Gasteiger partial charge in [-0.15, -0.1) is 0 Å². The second-order valence-electron chi connectivity index (χ2n) is 6.00. The van der Waals surface area contributed by atoms with Crippen LogP contribution in [0.3, 0.4) is 0 Å². The number of halogens is 1. The lowest BCUT2D eigenvalue weighted by atomic mass is 10.1. The molecule has 0 aliphatic rings. The zero-order valence-corrected chi connectivity index (χ0v) is 15.4. The van der Waals surface area contributed by atoms with Crippen molar-refractivity contribution in [1.29, 1.82) is 0 Å². The molecule has 0 saturated heterocycles. The van der Waals surface area contributed by atoms with E-state index in [1.165, 1.54) is 49.6 Å². The molecule has 0 fully saturated rings. The summed E-state index contributed by atoms with van der Waals surface area (Å²) in [6.07, 6.45) is -1.13. The van der Waals surface area contributed by atoms with Gasteiger partial charge in [0.15, 0.2) is 11.5 Å². The number of rotatable bonds is 7. The Bertz CT molecular complexity index is 1010. The highest BCUT2D eigenvalue weighted by Gasteiger charge is 2.25. The lowest BCUT2D eigenvalue weighted by Crippen LogP contribution is -2.25. The summed E-state index contributed by atoms with van der Waals surface area (Å²) < 4.78 is 24.2. The van der Waals surface area contributed by atoms with Crippen LogP contribution in [0.2, 0.25) is 0 Å². The molecule has 3 rings (SSSR count). The maximum Gasteiger partial charge on any atom is 0.273 e. The van der Waals surface area contributed by atoms with Crippen LogP contribution in [0, 0.1) is 15.9 Å². The summed E-state index contributed by atoms with van der Waals surface area (Å²) in [6, 6.07) is 17.8. The summed E-state index contributed by atoms with van der Waals surface area (Å²) in [6.45, 7) is 0. The van der Waals surface area contributed by atoms with Crippen molar-refractivity contribution < 1.29 is 23.6 Å². The predicted octanol–water partition coefficient (Wildman–Crippen LogP) is 4.50. The average molecular weight is 396 g/mol. The van der Waals surface area contributed by atoms with Crippen molar-refractivity contribution in [3.8, 4) is 11.5 Å². The van der Waals surface area contributed by atoms with Gasteiger partial charge in [0, 0.05) is 17.3 Å². The van der Waals surface area contributed by atoms with Crippen molar-refractivity contribution in [2.24, 2.45) is 0 Å². The van der Waals surface area contributed by atoms with E-state index in [-0.39, 0.29) is 17.2 Å². The fourth-order valence-corrected chi connectivity index (χ4v) is 2.64. The van der Waals surface area contributed by atoms with Crippen molar-refractivity contribution in [1.82, 2.24) is 0 Å². The maximum absolute atomic E-state index is 13.1. The molecule has 0 unspecified atom stereocenters. The topological polar surface area (TPSA) is 90.7 Å². The lowest BCUT2D eigenvalue weighted by molar-refractivity contribution is -0.385. The SMILES string of the molecule is COc1ccc([N+](=O)[O-])cc1O[C@H](C(=O)Nc1ccc(F)cc1)c1ccccc1. The Balaban J connectivity index is 1.94. The number of methoxy groups -OCH3 is 1. The van der Waals surface area contributed by atoms with Crippen LogP contribution in [-0.2, 0) is 4.79 Å². The van der Waals surface area contributed by atoms with E-state index in [1.54, 1.807) is 30.3 Å². The zero-order chi connectivity index (χ0) is 20.8. The molecule has 3 aromatic rings. The van der Waals surface area contributed by atoms with Crippen LogP contribution in [0.1, 0.15) is 11.7 Å². The number of non-ortho nitro benzene ring substituents is 1. The molecule has 148 valence electrons. The predicted molar refractivity (Wildman–Crippen MR) is 104 cm³/mol. The summed E-state index contributed by atoms with van der Waals surface area (Å²) in [5.41, 5.74) is 0.708. The van der Waals surface area contributed by atoms with Gasteiger partial charge >= 0.3 is 0 Å². The maximum atomic E-state index is 13.1. The number of nitro benzene ring substituents is 1. The summed E-state index contributed by atoms with van der Waals surface area (Å²) >= 11 is 0. The van der Waals surface area contributed by atoms with E-state index in [2.05, 4.69) is 5.32 Å². The minimum Gasteiger partial charge on any atom is -0.493 e. The number of nitrogens with one attached hydrogen (secondary N) is 1. The number of carbonyl (C=O) groups is 1. The first-order valence-corrected chi connectivity index (χ1v) is 8.58. The highest BCUT2D eigenvalue weighted by Crippen LogP contribution is 2.35. The van der Waals surface area contributed by atoms with E-state index in [0.29, 0.717) is 11.3 Å². The first kappa shape index (κ1) is 19.8. The molecule has 29 heavy (non-hydrogen) atoms. The lowest BCUT2D eigenvalue weighted by Gasteiger charge is -2.20. The third-order valence-electron chi connectivity index (χ3n) is 4.06. The summed E-state index contributed by atoms with van der Waals surface area (Å²) in [5.74, 6) is -0.674. The standard InChI is InChI=1S/C21H17FN2O5/c1-28-18-12-11-17(24(26)27)13-19(18)29-20(14-5-3-2-4-6-14)21(25)23-16-9-7-15(22)8-10-16/h2-13,20H,1H3,(H,23,25)/t20-/m0/s1. The molecule has 1 N–H and O–H groups in total. The van der Waals surface area contributed by atoms with Gasteiger partial charge < -0.3 is 14.8 Å². The van der Waals surface area contributed by atoms with Gasteiger partial charge in [-0.2, -0.15) is 0 Å². The minimum atomic E-state index is -1.13. The van der Waals surface area contributed by atoms with E-state index in [1.807, 2.05) is 0 Å². The molecule has 0 spiro atoms.